The Hall–Kier alpha value is -1.44. The van der Waals surface area contributed by atoms with E-state index in [4.69, 9.17) is 0 Å². The number of rotatable bonds is 7. The molecule has 1 amide bonds. The highest BCUT2D eigenvalue weighted by Gasteiger charge is 2.13. The van der Waals surface area contributed by atoms with Gasteiger partial charge < -0.3 is 5.32 Å². The number of hydrogen-bond acceptors (Lipinski definition) is 3. The average Bonchev–Trinajstić information content (AvgIpc) is 2.42. The first-order valence-corrected chi connectivity index (χ1v) is 7.96. The average molecular weight is 359 g/mol. The molecule has 0 atom stereocenters. The molecule has 0 fully saturated rings. The van der Waals surface area contributed by atoms with Gasteiger partial charge in [0, 0.05) is 23.1 Å². The molecule has 0 unspecified atom stereocenters. The lowest BCUT2D eigenvalue weighted by Gasteiger charge is -2.07. The maximum absolute atomic E-state index is 11.8. The summed E-state index contributed by atoms with van der Waals surface area (Å²) in [4.78, 5) is 11.8. The highest BCUT2D eigenvalue weighted by molar-refractivity contribution is 9.11. The Balaban J connectivity index is 2.80. The summed E-state index contributed by atoms with van der Waals surface area (Å²) in [7, 11) is -3.57. The molecule has 0 heterocycles. The van der Waals surface area contributed by atoms with E-state index in [1.54, 1.807) is 0 Å². The van der Waals surface area contributed by atoms with Gasteiger partial charge in [-0.25, -0.2) is 13.1 Å². The fourth-order valence-corrected chi connectivity index (χ4v) is 2.45. The Bertz CT molecular complexity index is 609. The lowest BCUT2D eigenvalue weighted by molar-refractivity contribution is 0.0957. The van der Waals surface area contributed by atoms with Crippen molar-refractivity contribution < 1.29 is 13.2 Å². The van der Waals surface area contributed by atoms with E-state index in [0.29, 0.717) is 16.6 Å². The topological polar surface area (TPSA) is 75.3 Å². The molecular weight excluding hydrogens is 344 g/mol. The summed E-state index contributed by atoms with van der Waals surface area (Å²) in [6.07, 6.45) is 1.45. The van der Waals surface area contributed by atoms with Gasteiger partial charge in [-0.1, -0.05) is 28.6 Å². The third-order valence-corrected chi connectivity index (χ3v) is 4.01. The SMILES string of the molecule is C=CCNS(=O)(=O)c1ccc(C(=O)NCC(=C)Br)cc1. The van der Waals surface area contributed by atoms with Crippen molar-refractivity contribution in [2.75, 3.05) is 13.1 Å². The molecule has 7 heteroatoms. The van der Waals surface area contributed by atoms with Crippen molar-refractivity contribution in [2.24, 2.45) is 0 Å². The second kappa shape index (κ2) is 7.37. The minimum Gasteiger partial charge on any atom is -0.347 e. The van der Waals surface area contributed by atoms with Crippen LogP contribution in [0, 0.1) is 0 Å². The van der Waals surface area contributed by atoms with Crippen LogP contribution in [0.4, 0.5) is 0 Å². The van der Waals surface area contributed by atoms with E-state index in [2.05, 4.69) is 39.1 Å². The van der Waals surface area contributed by atoms with Crippen LogP contribution >= 0.6 is 15.9 Å². The van der Waals surface area contributed by atoms with Crippen LogP contribution in [0.5, 0.6) is 0 Å². The van der Waals surface area contributed by atoms with Crippen molar-refractivity contribution in [2.45, 2.75) is 4.90 Å². The number of sulfonamides is 1. The van der Waals surface area contributed by atoms with Crippen LogP contribution in [0.15, 0.2) is 52.9 Å². The molecule has 108 valence electrons. The summed E-state index contributed by atoms with van der Waals surface area (Å²) < 4.78 is 26.6. The fourth-order valence-electron chi connectivity index (χ4n) is 1.32. The van der Waals surface area contributed by atoms with Gasteiger partial charge in [0.25, 0.3) is 5.91 Å². The van der Waals surface area contributed by atoms with Gasteiger partial charge >= 0.3 is 0 Å². The molecule has 0 saturated heterocycles. The van der Waals surface area contributed by atoms with Gasteiger partial charge in [0.05, 0.1) is 4.90 Å². The van der Waals surface area contributed by atoms with Crippen LogP contribution in [0.25, 0.3) is 0 Å². The lowest BCUT2D eigenvalue weighted by atomic mass is 10.2. The van der Waals surface area contributed by atoms with Crippen LogP contribution in [-0.4, -0.2) is 27.4 Å². The normalized spacial score (nSPS) is 10.8. The van der Waals surface area contributed by atoms with Crippen molar-refractivity contribution in [3.8, 4) is 0 Å². The fraction of sp³-hybridized carbons (Fsp3) is 0.154. The van der Waals surface area contributed by atoms with E-state index in [9.17, 15) is 13.2 Å². The van der Waals surface area contributed by atoms with E-state index in [1.165, 1.54) is 30.3 Å². The van der Waals surface area contributed by atoms with Gasteiger partial charge in [0.1, 0.15) is 0 Å². The molecule has 0 aliphatic heterocycles. The summed E-state index contributed by atoms with van der Waals surface area (Å²) in [5.74, 6) is -0.298. The first-order valence-electron chi connectivity index (χ1n) is 5.69. The largest absolute Gasteiger partial charge is 0.347 e. The van der Waals surface area contributed by atoms with Gasteiger partial charge in [-0.2, -0.15) is 0 Å². The first-order chi connectivity index (χ1) is 9.36. The number of carbonyl (C=O) groups is 1. The maximum atomic E-state index is 11.8. The molecule has 1 aromatic rings. The minimum absolute atomic E-state index is 0.0980. The third kappa shape index (κ3) is 4.92. The van der Waals surface area contributed by atoms with E-state index in [1.807, 2.05) is 0 Å². The quantitative estimate of drug-likeness (QED) is 0.729. The molecule has 0 aromatic heterocycles. The van der Waals surface area contributed by atoms with E-state index < -0.39 is 10.0 Å². The van der Waals surface area contributed by atoms with Crippen molar-refractivity contribution in [1.82, 2.24) is 10.0 Å². The summed E-state index contributed by atoms with van der Waals surface area (Å²) >= 11 is 3.13. The van der Waals surface area contributed by atoms with E-state index in [-0.39, 0.29) is 17.3 Å². The molecule has 20 heavy (non-hydrogen) atoms. The predicted molar refractivity (Wildman–Crippen MR) is 82.2 cm³/mol. The van der Waals surface area contributed by atoms with Gasteiger partial charge in [-0.3, -0.25) is 4.79 Å². The molecular formula is C13H15BrN2O3S. The van der Waals surface area contributed by atoms with Crippen LogP contribution in [0.1, 0.15) is 10.4 Å². The third-order valence-electron chi connectivity index (χ3n) is 2.29. The zero-order valence-electron chi connectivity index (χ0n) is 10.7. The number of benzene rings is 1. The number of nitrogens with one attached hydrogen (secondary N) is 2. The number of amides is 1. The van der Waals surface area contributed by atoms with Crippen molar-refractivity contribution in [3.05, 3.63) is 53.5 Å². The van der Waals surface area contributed by atoms with Crippen LogP contribution in [0.2, 0.25) is 0 Å². The molecule has 1 rings (SSSR count). The van der Waals surface area contributed by atoms with Crippen molar-refractivity contribution in [3.63, 3.8) is 0 Å². The number of hydrogen-bond donors (Lipinski definition) is 2. The summed E-state index contributed by atoms with van der Waals surface area (Å²) in [5, 5.41) is 2.63. The van der Waals surface area contributed by atoms with Crippen LogP contribution in [0.3, 0.4) is 0 Å². The molecule has 0 radical (unpaired) electrons. The molecule has 0 bridgehead atoms. The second-order valence-electron chi connectivity index (χ2n) is 3.86. The Kier molecular flexibility index (Phi) is 6.12. The summed E-state index contributed by atoms with van der Waals surface area (Å²) in [5.41, 5.74) is 0.376. The predicted octanol–water partition coefficient (Wildman–Crippen LogP) is 1.79. The molecule has 5 nitrogen and oxygen atoms in total. The zero-order chi connectivity index (χ0) is 15.2. The van der Waals surface area contributed by atoms with Gasteiger partial charge in [0.2, 0.25) is 10.0 Å². The smallest absolute Gasteiger partial charge is 0.251 e. The summed E-state index contributed by atoms with van der Waals surface area (Å²) in [6.45, 7) is 7.50. The number of carbonyl (C=O) groups excluding carboxylic acids is 1. The standard InChI is InChI=1S/C13H15BrN2O3S/c1-3-8-16-20(18,19)12-6-4-11(5-7-12)13(17)15-9-10(2)14/h3-7,16H,1-2,8-9H2,(H,15,17). The molecule has 0 aliphatic rings. The Morgan fingerprint density at radius 2 is 1.90 bits per heavy atom. The molecule has 0 spiro atoms. The Labute approximate surface area is 126 Å². The summed E-state index contributed by atoms with van der Waals surface area (Å²) in [6, 6.07) is 5.66. The van der Waals surface area contributed by atoms with Crippen LogP contribution in [-0.2, 0) is 10.0 Å². The van der Waals surface area contributed by atoms with Gasteiger partial charge in [-0.05, 0) is 24.3 Å². The Morgan fingerprint density at radius 1 is 1.30 bits per heavy atom. The van der Waals surface area contributed by atoms with Gasteiger partial charge in [-0.15, -0.1) is 6.58 Å². The molecule has 2 N–H and O–H groups in total. The number of halogens is 1. The van der Waals surface area contributed by atoms with Gasteiger partial charge in [0.15, 0.2) is 0 Å². The molecule has 0 saturated carbocycles. The lowest BCUT2D eigenvalue weighted by Crippen LogP contribution is -2.25. The second-order valence-corrected chi connectivity index (χ2v) is 6.75. The highest BCUT2D eigenvalue weighted by atomic mass is 79.9. The van der Waals surface area contributed by atoms with E-state index >= 15 is 0 Å². The highest BCUT2D eigenvalue weighted by Crippen LogP contribution is 2.10. The van der Waals surface area contributed by atoms with Crippen molar-refractivity contribution in [1.29, 1.82) is 0 Å². The minimum atomic E-state index is -3.57. The Morgan fingerprint density at radius 3 is 2.40 bits per heavy atom. The van der Waals surface area contributed by atoms with Crippen molar-refractivity contribution >= 4 is 31.9 Å². The first kappa shape index (κ1) is 16.6. The van der Waals surface area contributed by atoms with E-state index in [0.717, 1.165) is 0 Å². The molecule has 0 aliphatic carbocycles. The monoisotopic (exact) mass is 358 g/mol. The molecule has 1 aromatic carbocycles. The maximum Gasteiger partial charge on any atom is 0.251 e. The zero-order valence-corrected chi connectivity index (χ0v) is 13.1. The van der Waals surface area contributed by atoms with Crippen LogP contribution < -0.4 is 10.0 Å².